The molecule has 0 aliphatic carbocycles. The van der Waals surface area contributed by atoms with E-state index >= 15 is 0 Å². The van der Waals surface area contributed by atoms with E-state index in [1.165, 1.54) is 22.2 Å². The molecule has 1 amide bonds. The van der Waals surface area contributed by atoms with Gasteiger partial charge in [0.15, 0.2) is 0 Å². The van der Waals surface area contributed by atoms with Crippen LogP contribution < -0.4 is 5.32 Å². The molecule has 4 nitrogen and oxygen atoms in total. The van der Waals surface area contributed by atoms with Gasteiger partial charge >= 0.3 is 0 Å². The Morgan fingerprint density at radius 1 is 1.42 bits per heavy atom. The first-order valence-corrected chi connectivity index (χ1v) is 9.21. The van der Waals surface area contributed by atoms with Crippen LogP contribution in [0.1, 0.15) is 57.3 Å². The number of fused-ring (bicyclic) bond motifs is 3. The van der Waals surface area contributed by atoms with Crippen LogP contribution in [0, 0.1) is 0 Å². The highest BCUT2D eigenvalue weighted by Gasteiger charge is 2.31. The minimum atomic E-state index is 0.178. The molecule has 3 rings (SSSR count). The summed E-state index contributed by atoms with van der Waals surface area (Å²) in [5.41, 5.74) is 3.85. The van der Waals surface area contributed by atoms with Gasteiger partial charge in [0.1, 0.15) is 0 Å². The molecule has 130 valence electrons. The SMILES string of the molecule is CCC(C)NCCCC1c2[nH]c3ccccc3c2CCN1C(C)=O. The molecule has 0 fully saturated rings. The Bertz CT molecular complexity index is 706. The van der Waals surface area contributed by atoms with E-state index in [9.17, 15) is 4.79 Å². The van der Waals surface area contributed by atoms with Gasteiger partial charge in [-0.25, -0.2) is 0 Å². The van der Waals surface area contributed by atoms with Gasteiger partial charge < -0.3 is 15.2 Å². The number of para-hydroxylation sites is 1. The predicted octanol–water partition coefficient (Wildman–Crippen LogP) is 3.78. The standard InChI is InChI=1S/C20H29N3O/c1-4-14(2)21-12-7-10-19-20-17(11-13-23(19)15(3)24)16-8-5-6-9-18(16)22-20/h5-6,8-9,14,19,21-22H,4,7,10-13H2,1-3H3. The molecule has 0 saturated heterocycles. The first-order chi connectivity index (χ1) is 11.6. The molecule has 1 aliphatic heterocycles. The lowest BCUT2D eigenvalue weighted by Gasteiger charge is -2.35. The van der Waals surface area contributed by atoms with Crippen molar-refractivity contribution in [2.24, 2.45) is 0 Å². The number of rotatable bonds is 6. The maximum Gasteiger partial charge on any atom is 0.220 e. The molecule has 24 heavy (non-hydrogen) atoms. The topological polar surface area (TPSA) is 48.1 Å². The Kier molecular flexibility index (Phi) is 5.24. The number of benzene rings is 1. The number of carbonyl (C=O) groups is 1. The van der Waals surface area contributed by atoms with Crippen molar-refractivity contribution in [2.45, 2.75) is 58.5 Å². The summed E-state index contributed by atoms with van der Waals surface area (Å²) in [7, 11) is 0. The Labute approximate surface area is 144 Å². The van der Waals surface area contributed by atoms with Crippen molar-refractivity contribution in [1.29, 1.82) is 0 Å². The van der Waals surface area contributed by atoms with E-state index in [1.54, 1.807) is 6.92 Å². The number of carbonyl (C=O) groups excluding carboxylic acids is 1. The van der Waals surface area contributed by atoms with E-state index in [4.69, 9.17) is 0 Å². The molecule has 0 radical (unpaired) electrons. The van der Waals surface area contributed by atoms with Gasteiger partial charge in [-0.3, -0.25) is 4.79 Å². The van der Waals surface area contributed by atoms with Crippen LogP contribution in [0.4, 0.5) is 0 Å². The molecule has 2 aromatic rings. The lowest BCUT2D eigenvalue weighted by atomic mass is 9.94. The molecule has 2 unspecified atom stereocenters. The summed E-state index contributed by atoms with van der Waals surface area (Å²) in [5, 5.41) is 4.87. The lowest BCUT2D eigenvalue weighted by Crippen LogP contribution is -2.39. The lowest BCUT2D eigenvalue weighted by molar-refractivity contribution is -0.132. The van der Waals surface area contributed by atoms with Gasteiger partial charge in [-0.15, -0.1) is 0 Å². The predicted molar refractivity (Wildman–Crippen MR) is 99.1 cm³/mol. The van der Waals surface area contributed by atoms with Crippen LogP contribution in [0.3, 0.4) is 0 Å². The van der Waals surface area contributed by atoms with Crippen LogP contribution >= 0.6 is 0 Å². The van der Waals surface area contributed by atoms with Gasteiger partial charge in [0, 0.05) is 36.1 Å². The fourth-order valence-electron chi connectivity index (χ4n) is 3.78. The molecule has 1 aromatic carbocycles. The van der Waals surface area contributed by atoms with Crippen LogP contribution in [0.25, 0.3) is 10.9 Å². The van der Waals surface area contributed by atoms with Crippen molar-refractivity contribution < 1.29 is 4.79 Å². The summed E-state index contributed by atoms with van der Waals surface area (Å²) in [6.07, 6.45) is 4.17. The molecule has 0 spiro atoms. The van der Waals surface area contributed by atoms with Crippen LogP contribution in [0.2, 0.25) is 0 Å². The Morgan fingerprint density at radius 2 is 2.21 bits per heavy atom. The summed E-state index contributed by atoms with van der Waals surface area (Å²) in [4.78, 5) is 17.8. The van der Waals surface area contributed by atoms with Crippen molar-refractivity contribution in [3.8, 4) is 0 Å². The highest BCUT2D eigenvalue weighted by molar-refractivity contribution is 5.86. The molecule has 0 saturated carbocycles. The average molecular weight is 327 g/mol. The van der Waals surface area contributed by atoms with Crippen LogP contribution in [-0.4, -0.2) is 34.9 Å². The second kappa shape index (κ2) is 7.39. The summed E-state index contributed by atoms with van der Waals surface area (Å²) >= 11 is 0. The summed E-state index contributed by atoms with van der Waals surface area (Å²) in [6.45, 7) is 7.95. The van der Waals surface area contributed by atoms with Crippen molar-refractivity contribution in [2.75, 3.05) is 13.1 Å². The Hall–Kier alpha value is -1.81. The Morgan fingerprint density at radius 3 is 2.96 bits per heavy atom. The highest BCUT2D eigenvalue weighted by atomic mass is 16.2. The van der Waals surface area contributed by atoms with E-state index in [1.807, 2.05) is 4.90 Å². The van der Waals surface area contributed by atoms with Crippen LogP contribution in [0.5, 0.6) is 0 Å². The van der Waals surface area contributed by atoms with Gasteiger partial charge in [0.2, 0.25) is 5.91 Å². The minimum absolute atomic E-state index is 0.178. The summed E-state index contributed by atoms with van der Waals surface area (Å²) < 4.78 is 0. The number of amides is 1. The van der Waals surface area contributed by atoms with Crippen LogP contribution in [-0.2, 0) is 11.2 Å². The molecule has 4 heteroatoms. The fraction of sp³-hybridized carbons (Fsp3) is 0.550. The first-order valence-electron chi connectivity index (χ1n) is 9.21. The van der Waals surface area contributed by atoms with Crippen molar-refractivity contribution >= 4 is 16.8 Å². The molecule has 2 atom stereocenters. The number of hydrogen-bond donors (Lipinski definition) is 2. The number of nitrogens with one attached hydrogen (secondary N) is 2. The van der Waals surface area contributed by atoms with E-state index in [-0.39, 0.29) is 11.9 Å². The highest BCUT2D eigenvalue weighted by Crippen LogP contribution is 2.36. The van der Waals surface area contributed by atoms with Gasteiger partial charge in [0.05, 0.1) is 6.04 Å². The molecule has 2 heterocycles. The maximum atomic E-state index is 12.1. The molecule has 0 bridgehead atoms. The number of aromatic nitrogens is 1. The first kappa shape index (κ1) is 17.0. The van der Waals surface area contributed by atoms with Crippen molar-refractivity contribution in [3.05, 3.63) is 35.5 Å². The van der Waals surface area contributed by atoms with E-state index in [2.05, 4.69) is 48.4 Å². The third-order valence-corrected chi connectivity index (χ3v) is 5.32. The van der Waals surface area contributed by atoms with Gasteiger partial charge in [0.25, 0.3) is 0 Å². The fourth-order valence-corrected chi connectivity index (χ4v) is 3.78. The van der Waals surface area contributed by atoms with Gasteiger partial charge in [-0.05, 0) is 50.8 Å². The quantitative estimate of drug-likeness (QED) is 0.793. The number of H-pyrrole nitrogens is 1. The smallest absolute Gasteiger partial charge is 0.220 e. The summed E-state index contributed by atoms with van der Waals surface area (Å²) in [5.74, 6) is 0.180. The van der Waals surface area contributed by atoms with Gasteiger partial charge in [-0.2, -0.15) is 0 Å². The zero-order chi connectivity index (χ0) is 17.1. The monoisotopic (exact) mass is 327 g/mol. The van der Waals surface area contributed by atoms with E-state index in [0.29, 0.717) is 6.04 Å². The maximum absolute atomic E-state index is 12.1. The number of hydrogen-bond acceptors (Lipinski definition) is 2. The summed E-state index contributed by atoms with van der Waals surface area (Å²) in [6, 6.07) is 9.22. The van der Waals surface area contributed by atoms with Crippen LogP contribution in [0.15, 0.2) is 24.3 Å². The second-order valence-electron chi connectivity index (χ2n) is 6.95. The average Bonchev–Trinajstić information content (AvgIpc) is 2.97. The molecular weight excluding hydrogens is 298 g/mol. The number of nitrogens with zero attached hydrogens (tertiary/aromatic N) is 1. The zero-order valence-corrected chi connectivity index (χ0v) is 15.1. The zero-order valence-electron chi connectivity index (χ0n) is 15.1. The molecule has 1 aliphatic rings. The minimum Gasteiger partial charge on any atom is -0.356 e. The third-order valence-electron chi connectivity index (χ3n) is 5.32. The molecule has 2 N–H and O–H groups in total. The van der Waals surface area contributed by atoms with Crippen molar-refractivity contribution in [1.82, 2.24) is 15.2 Å². The Balaban J connectivity index is 1.80. The molecule has 1 aromatic heterocycles. The number of aromatic amines is 1. The van der Waals surface area contributed by atoms with E-state index < -0.39 is 0 Å². The van der Waals surface area contributed by atoms with E-state index in [0.717, 1.165) is 38.8 Å². The largest absolute Gasteiger partial charge is 0.356 e. The second-order valence-corrected chi connectivity index (χ2v) is 6.95. The normalized spacial score (nSPS) is 18.6. The third kappa shape index (κ3) is 3.34. The van der Waals surface area contributed by atoms with Crippen molar-refractivity contribution in [3.63, 3.8) is 0 Å². The van der Waals surface area contributed by atoms with Gasteiger partial charge in [-0.1, -0.05) is 25.1 Å². The molecular formula is C20H29N3O.